The predicted octanol–water partition coefficient (Wildman–Crippen LogP) is 5.14. The van der Waals surface area contributed by atoms with E-state index in [9.17, 15) is 22.8 Å². The molecule has 4 rings (SSSR count). The Kier molecular flexibility index (Phi) is 7.19. The molecule has 2 N–H and O–H groups in total. The highest BCUT2D eigenvalue weighted by molar-refractivity contribution is 5.80. The van der Waals surface area contributed by atoms with Crippen LogP contribution in [0.3, 0.4) is 0 Å². The second-order valence-electron chi connectivity index (χ2n) is 8.90. The Labute approximate surface area is 201 Å². The van der Waals surface area contributed by atoms with E-state index in [4.69, 9.17) is 0 Å². The lowest BCUT2D eigenvalue weighted by Gasteiger charge is -2.30. The van der Waals surface area contributed by atoms with Crippen molar-refractivity contribution in [2.75, 3.05) is 0 Å². The third-order valence-corrected chi connectivity index (χ3v) is 6.32. The van der Waals surface area contributed by atoms with Crippen LogP contribution < -0.4 is 10.6 Å². The maximum Gasteiger partial charge on any atom is 0.412 e. The molecule has 1 saturated heterocycles. The molecule has 0 bridgehead atoms. The first kappa shape index (κ1) is 24.4. The number of rotatable bonds is 8. The summed E-state index contributed by atoms with van der Waals surface area (Å²) in [5.74, 6) is -0.842. The van der Waals surface area contributed by atoms with Crippen LogP contribution in [-0.2, 0) is 16.0 Å². The Morgan fingerprint density at radius 2 is 1.74 bits per heavy atom. The summed E-state index contributed by atoms with van der Waals surface area (Å²) in [6, 6.07) is 18.4. The molecule has 1 fully saturated rings. The number of halogens is 3. The van der Waals surface area contributed by atoms with Crippen molar-refractivity contribution in [2.45, 2.75) is 49.9 Å². The molecule has 1 aliphatic rings. The van der Waals surface area contributed by atoms with Gasteiger partial charge in [0.2, 0.25) is 11.8 Å². The van der Waals surface area contributed by atoms with Gasteiger partial charge >= 0.3 is 6.18 Å². The molecule has 0 aliphatic carbocycles. The first-order valence-corrected chi connectivity index (χ1v) is 11.5. The smallest absolute Gasteiger partial charge is 0.350 e. The molecule has 2 atom stereocenters. The van der Waals surface area contributed by atoms with E-state index < -0.39 is 23.7 Å². The molecule has 0 radical (unpaired) electrons. The van der Waals surface area contributed by atoms with Gasteiger partial charge < -0.3 is 10.6 Å². The van der Waals surface area contributed by atoms with E-state index in [1.165, 1.54) is 18.3 Å². The third-order valence-electron chi connectivity index (χ3n) is 6.32. The Morgan fingerprint density at radius 1 is 1.03 bits per heavy atom. The number of benzene rings is 2. The first-order valence-electron chi connectivity index (χ1n) is 11.5. The third kappa shape index (κ3) is 6.26. The zero-order valence-corrected chi connectivity index (χ0v) is 19.0. The Hall–Kier alpha value is -3.68. The van der Waals surface area contributed by atoms with E-state index in [1.807, 2.05) is 54.6 Å². The van der Waals surface area contributed by atoms with Crippen molar-refractivity contribution in [3.05, 3.63) is 90.3 Å². The fraction of sp³-hybridized carbons (Fsp3) is 0.296. The van der Waals surface area contributed by atoms with Crippen LogP contribution in [0.4, 0.5) is 13.2 Å². The molecule has 2 amide bonds. The lowest BCUT2D eigenvalue weighted by atomic mass is 9.84. The minimum atomic E-state index is -4.65. The summed E-state index contributed by atoms with van der Waals surface area (Å²) >= 11 is 0. The number of alkyl halides is 3. The van der Waals surface area contributed by atoms with Crippen LogP contribution in [0.5, 0.6) is 0 Å². The van der Waals surface area contributed by atoms with Crippen LogP contribution in [0.2, 0.25) is 0 Å². The van der Waals surface area contributed by atoms with Gasteiger partial charge in [0, 0.05) is 36.3 Å². The summed E-state index contributed by atoms with van der Waals surface area (Å²) in [4.78, 5) is 28.4. The summed E-state index contributed by atoms with van der Waals surface area (Å²) < 4.78 is 40.7. The number of nitrogens with zero attached hydrogens (tertiary/aromatic N) is 1. The molecule has 5 nitrogen and oxygen atoms in total. The monoisotopic (exact) mass is 481 g/mol. The maximum absolute atomic E-state index is 13.6. The van der Waals surface area contributed by atoms with Crippen molar-refractivity contribution in [1.29, 1.82) is 0 Å². The van der Waals surface area contributed by atoms with Crippen LogP contribution in [0.25, 0.3) is 11.1 Å². The van der Waals surface area contributed by atoms with Crippen molar-refractivity contribution in [3.63, 3.8) is 0 Å². The lowest BCUT2D eigenvalue weighted by Crippen LogP contribution is -2.45. The van der Waals surface area contributed by atoms with Gasteiger partial charge in [-0.25, -0.2) is 0 Å². The number of carbonyl (C=O) groups excluding carboxylic acids is 2. The minimum Gasteiger partial charge on any atom is -0.350 e. The van der Waals surface area contributed by atoms with Gasteiger partial charge in [0.1, 0.15) is 0 Å². The van der Waals surface area contributed by atoms with Crippen LogP contribution >= 0.6 is 0 Å². The first-order chi connectivity index (χ1) is 16.7. The minimum absolute atomic E-state index is 0.116. The molecule has 0 spiro atoms. The van der Waals surface area contributed by atoms with Crippen molar-refractivity contribution < 1.29 is 22.8 Å². The van der Waals surface area contributed by atoms with Crippen LogP contribution in [0.1, 0.15) is 42.9 Å². The van der Waals surface area contributed by atoms with E-state index >= 15 is 0 Å². The summed E-state index contributed by atoms with van der Waals surface area (Å²) in [5.41, 5.74) is 2.33. The summed E-state index contributed by atoms with van der Waals surface area (Å²) in [6.45, 7) is 0. The zero-order chi connectivity index (χ0) is 24.9. The number of nitrogens with one attached hydrogen (secondary N) is 2. The number of pyridine rings is 1. The molecule has 3 aromatic rings. The van der Waals surface area contributed by atoms with E-state index in [1.54, 1.807) is 0 Å². The summed E-state index contributed by atoms with van der Waals surface area (Å²) in [6.07, 6.45) is -0.758. The molecule has 1 aromatic heterocycles. The molecular weight excluding hydrogens is 455 g/mol. The average molecular weight is 482 g/mol. The molecule has 35 heavy (non-hydrogen) atoms. The highest BCUT2D eigenvalue weighted by Gasteiger charge is 2.43. The van der Waals surface area contributed by atoms with Crippen molar-refractivity contribution in [2.24, 2.45) is 0 Å². The molecule has 2 heterocycles. The predicted molar refractivity (Wildman–Crippen MR) is 126 cm³/mol. The second kappa shape index (κ2) is 10.3. The Morgan fingerprint density at radius 3 is 2.34 bits per heavy atom. The normalized spacial score (nSPS) is 18.7. The highest BCUT2D eigenvalue weighted by atomic mass is 19.4. The van der Waals surface area contributed by atoms with Gasteiger partial charge in [-0.2, -0.15) is 13.2 Å². The Bertz CT molecular complexity index is 1150. The van der Waals surface area contributed by atoms with Crippen LogP contribution in [0, 0.1) is 0 Å². The highest BCUT2D eigenvalue weighted by Crippen LogP contribution is 2.34. The lowest BCUT2D eigenvalue weighted by molar-refractivity contribution is -0.163. The summed E-state index contributed by atoms with van der Waals surface area (Å²) in [7, 11) is 0. The van der Waals surface area contributed by atoms with Gasteiger partial charge in [0.05, 0.1) is 0 Å². The number of amides is 2. The van der Waals surface area contributed by atoms with Gasteiger partial charge in [-0.3, -0.25) is 14.6 Å². The van der Waals surface area contributed by atoms with Crippen molar-refractivity contribution in [3.8, 4) is 11.1 Å². The zero-order valence-electron chi connectivity index (χ0n) is 19.0. The Balaban J connectivity index is 1.43. The van der Waals surface area contributed by atoms with E-state index in [0.29, 0.717) is 19.3 Å². The van der Waals surface area contributed by atoms with E-state index in [-0.39, 0.29) is 24.3 Å². The molecule has 1 aliphatic heterocycles. The number of hydrogen-bond donors (Lipinski definition) is 2. The fourth-order valence-electron chi connectivity index (χ4n) is 4.51. The van der Waals surface area contributed by atoms with Gasteiger partial charge in [-0.15, -0.1) is 0 Å². The van der Waals surface area contributed by atoms with Gasteiger partial charge in [0.15, 0.2) is 6.04 Å². The summed E-state index contributed by atoms with van der Waals surface area (Å²) in [5, 5.41) is 5.08. The molecule has 8 heteroatoms. The van der Waals surface area contributed by atoms with Crippen molar-refractivity contribution in [1.82, 2.24) is 15.6 Å². The van der Waals surface area contributed by atoms with Gasteiger partial charge in [-0.1, -0.05) is 60.7 Å². The SMILES string of the molecule is O=C(CC[C@@]1(Cc2ccc(-c3ccccc3)cc2)CCC(=O)N1)N[C@H](c1cccnc1)C(F)(F)F. The van der Waals surface area contributed by atoms with Crippen LogP contribution in [0.15, 0.2) is 79.1 Å². The largest absolute Gasteiger partial charge is 0.412 e. The van der Waals surface area contributed by atoms with E-state index in [0.717, 1.165) is 22.9 Å². The molecule has 182 valence electrons. The van der Waals surface area contributed by atoms with E-state index in [2.05, 4.69) is 15.6 Å². The standard InChI is InChI=1S/C27H26F3N3O2/c28-27(29,30)25(22-7-4-16-31-18-22)32-23(34)12-14-26(15-13-24(35)33-26)17-19-8-10-21(11-9-19)20-5-2-1-3-6-20/h1-11,16,18,25H,12-15,17H2,(H,32,34)(H,33,35)/t25-,26+/m1/s1. The topological polar surface area (TPSA) is 71.1 Å². The molecule has 0 saturated carbocycles. The molecule has 2 aromatic carbocycles. The fourth-order valence-corrected chi connectivity index (χ4v) is 4.51. The second-order valence-corrected chi connectivity index (χ2v) is 8.90. The van der Waals surface area contributed by atoms with Crippen LogP contribution in [-0.4, -0.2) is 28.5 Å². The number of hydrogen-bond acceptors (Lipinski definition) is 3. The number of aromatic nitrogens is 1. The number of carbonyl (C=O) groups is 2. The average Bonchev–Trinajstić information content (AvgIpc) is 3.22. The quantitative estimate of drug-likeness (QED) is 0.468. The molecular formula is C27H26F3N3O2. The van der Waals surface area contributed by atoms with Gasteiger partial charge in [-0.05, 0) is 42.0 Å². The van der Waals surface area contributed by atoms with Gasteiger partial charge in [0.25, 0.3) is 0 Å². The molecule has 0 unspecified atom stereocenters. The maximum atomic E-state index is 13.6. The van der Waals surface area contributed by atoms with Crippen molar-refractivity contribution >= 4 is 11.8 Å².